The van der Waals surface area contributed by atoms with E-state index in [1.54, 1.807) is 0 Å². The molecule has 0 aliphatic carbocycles. The van der Waals surface area contributed by atoms with Gasteiger partial charge in [0, 0.05) is 26.9 Å². The van der Waals surface area contributed by atoms with Gasteiger partial charge < -0.3 is 20.1 Å². The maximum absolute atomic E-state index is 11.2. The molecule has 0 aliphatic rings. The molecular formula is C30H32N2O4. The smallest absolute Gasteiger partial charge is 0.216 e. The van der Waals surface area contributed by atoms with Crippen molar-refractivity contribution in [2.24, 2.45) is 0 Å². The van der Waals surface area contributed by atoms with Crippen LogP contribution in [0.3, 0.4) is 0 Å². The summed E-state index contributed by atoms with van der Waals surface area (Å²) in [5.41, 5.74) is 2.35. The molecule has 0 aromatic heterocycles. The molecule has 4 rings (SSSR count). The zero-order valence-electron chi connectivity index (χ0n) is 20.8. The fourth-order valence-corrected chi connectivity index (χ4v) is 4.31. The second-order valence-corrected chi connectivity index (χ2v) is 8.76. The lowest BCUT2D eigenvalue weighted by atomic mass is 10.0. The highest BCUT2D eigenvalue weighted by molar-refractivity contribution is 5.88. The lowest BCUT2D eigenvalue weighted by Crippen LogP contribution is -2.22. The Hall–Kier alpha value is -4.06. The van der Waals surface area contributed by atoms with E-state index in [-0.39, 0.29) is 11.8 Å². The highest BCUT2D eigenvalue weighted by Crippen LogP contribution is 2.26. The maximum Gasteiger partial charge on any atom is 0.216 e. The normalized spacial score (nSPS) is 10.8. The summed E-state index contributed by atoms with van der Waals surface area (Å²) >= 11 is 0. The van der Waals surface area contributed by atoms with Gasteiger partial charge in [0.1, 0.15) is 24.7 Å². The first-order valence-electron chi connectivity index (χ1n) is 12.3. The molecule has 2 amide bonds. The second kappa shape index (κ2) is 12.1. The molecule has 0 atom stereocenters. The van der Waals surface area contributed by atoms with E-state index in [9.17, 15) is 9.59 Å². The highest BCUT2D eigenvalue weighted by Gasteiger charge is 2.06. The van der Waals surface area contributed by atoms with Crippen LogP contribution >= 0.6 is 0 Å². The summed E-state index contributed by atoms with van der Waals surface area (Å²) in [4.78, 5) is 22.4. The highest BCUT2D eigenvalue weighted by atomic mass is 16.5. The quantitative estimate of drug-likeness (QED) is 0.300. The standard InChI is InChI=1S/C30H32N2O4/c1-21(33)31-15-13-25-7-3-5-23-9-11-27(19-29(23)25)35-17-18-36-28-12-10-24-6-4-8-26(30(24)20-28)14-16-32-22(2)34/h3-12,19-20H,13-18H2,1-2H3,(H,31,33)(H,32,34). The fourth-order valence-electron chi connectivity index (χ4n) is 4.31. The first-order chi connectivity index (χ1) is 17.5. The van der Waals surface area contributed by atoms with Crippen molar-refractivity contribution in [2.45, 2.75) is 26.7 Å². The molecule has 6 heteroatoms. The minimum atomic E-state index is -0.0214. The monoisotopic (exact) mass is 484 g/mol. The first-order valence-corrected chi connectivity index (χ1v) is 12.3. The van der Waals surface area contributed by atoms with E-state index < -0.39 is 0 Å². The van der Waals surface area contributed by atoms with Crippen molar-refractivity contribution < 1.29 is 19.1 Å². The Bertz CT molecular complexity index is 1260. The van der Waals surface area contributed by atoms with Gasteiger partial charge in [-0.1, -0.05) is 48.5 Å². The van der Waals surface area contributed by atoms with Gasteiger partial charge in [0.15, 0.2) is 0 Å². The number of rotatable bonds is 11. The van der Waals surface area contributed by atoms with Crippen LogP contribution in [0.25, 0.3) is 21.5 Å². The molecule has 4 aromatic rings. The molecule has 36 heavy (non-hydrogen) atoms. The van der Waals surface area contributed by atoms with Crippen LogP contribution in [0.5, 0.6) is 11.5 Å². The Labute approximate surface area is 211 Å². The average molecular weight is 485 g/mol. The topological polar surface area (TPSA) is 76.7 Å². The number of ether oxygens (including phenoxy) is 2. The van der Waals surface area contributed by atoms with Gasteiger partial charge in [-0.2, -0.15) is 0 Å². The van der Waals surface area contributed by atoms with E-state index in [1.807, 2.05) is 24.3 Å². The molecule has 4 aromatic carbocycles. The third kappa shape index (κ3) is 6.75. The first kappa shape index (κ1) is 25.0. The van der Waals surface area contributed by atoms with Gasteiger partial charge in [-0.3, -0.25) is 9.59 Å². The molecule has 0 fully saturated rings. The molecule has 0 saturated carbocycles. The van der Waals surface area contributed by atoms with Crippen LogP contribution in [-0.2, 0) is 22.4 Å². The predicted octanol–water partition coefficient (Wildman–Crippen LogP) is 4.81. The average Bonchev–Trinajstić information content (AvgIpc) is 2.86. The van der Waals surface area contributed by atoms with Crippen LogP contribution < -0.4 is 20.1 Å². The number of benzene rings is 4. The Kier molecular flexibility index (Phi) is 8.40. The van der Waals surface area contributed by atoms with Crippen molar-refractivity contribution in [3.8, 4) is 11.5 Å². The Morgan fingerprint density at radius 3 is 1.50 bits per heavy atom. The minimum absolute atomic E-state index is 0.0214. The van der Waals surface area contributed by atoms with Crippen molar-refractivity contribution >= 4 is 33.4 Å². The summed E-state index contributed by atoms with van der Waals surface area (Å²) in [6.07, 6.45) is 1.52. The lowest BCUT2D eigenvalue weighted by molar-refractivity contribution is -0.119. The molecular weight excluding hydrogens is 452 g/mol. The molecule has 2 N–H and O–H groups in total. The molecule has 186 valence electrons. The van der Waals surface area contributed by atoms with E-state index in [2.05, 4.69) is 59.2 Å². The number of nitrogens with one attached hydrogen (secondary N) is 2. The van der Waals surface area contributed by atoms with Gasteiger partial charge in [-0.05, 0) is 69.8 Å². The van der Waals surface area contributed by atoms with E-state index in [0.29, 0.717) is 26.3 Å². The molecule has 0 radical (unpaired) electrons. The van der Waals surface area contributed by atoms with Crippen molar-refractivity contribution in [3.05, 3.63) is 83.9 Å². The van der Waals surface area contributed by atoms with Gasteiger partial charge in [-0.25, -0.2) is 0 Å². The van der Waals surface area contributed by atoms with Crippen LogP contribution in [0.2, 0.25) is 0 Å². The lowest BCUT2D eigenvalue weighted by Gasteiger charge is -2.12. The van der Waals surface area contributed by atoms with Gasteiger partial charge in [0.25, 0.3) is 0 Å². The summed E-state index contributed by atoms with van der Waals surface area (Å²) in [7, 11) is 0. The Balaban J connectivity index is 1.36. The van der Waals surface area contributed by atoms with Gasteiger partial charge >= 0.3 is 0 Å². The summed E-state index contributed by atoms with van der Waals surface area (Å²) in [6, 6.07) is 24.5. The predicted molar refractivity (Wildman–Crippen MR) is 144 cm³/mol. The number of carbonyl (C=O) groups is 2. The van der Waals surface area contributed by atoms with Crippen molar-refractivity contribution in [1.82, 2.24) is 10.6 Å². The fraction of sp³-hybridized carbons (Fsp3) is 0.267. The molecule has 0 saturated heterocycles. The minimum Gasteiger partial charge on any atom is -0.490 e. The van der Waals surface area contributed by atoms with Crippen molar-refractivity contribution in [3.63, 3.8) is 0 Å². The molecule has 6 nitrogen and oxygen atoms in total. The zero-order chi connectivity index (χ0) is 25.3. The SMILES string of the molecule is CC(=O)NCCc1cccc2ccc(OCCOc3ccc4cccc(CCNC(C)=O)c4c3)cc12. The van der Waals surface area contributed by atoms with E-state index >= 15 is 0 Å². The molecule has 0 bridgehead atoms. The maximum atomic E-state index is 11.2. The van der Waals surface area contributed by atoms with E-state index in [0.717, 1.165) is 45.9 Å². The Morgan fingerprint density at radius 1 is 0.639 bits per heavy atom. The number of hydrogen-bond acceptors (Lipinski definition) is 4. The number of hydrogen-bond donors (Lipinski definition) is 2. The zero-order valence-corrected chi connectivity index (χ0v) is 20.8. The van der Waals surface area contributed by atoms with Crippen molar-refractivity contribution in [1.29, 1.82) is 0 Å². The van der Waals surface area contributed by atoms with Crippen LogP contribution in [0.1, 0.15) is 25.0 Å². The van der Waals surface area contributed by atoms with Gasteiger partial charge in [0.2, 0.25) is 11.8 Å². The number of fused-ring (bicyclic) bond motifs is 2. The van der Waals surface area contributed by atoms with Crippen LogP contribution in [-0.4, -0.2) is 38.1 Å². The summed E-state index contributed by atoms with van der Waals surface area (Å²) < 4.78 is 12.0. The van der Waals surface area contributed by atoms with Gasteiger partial charge in [-0.15, -0.1) is 0 Å². The van der Waals surface area contributed by atoms with E-state index in [1.165, 1.54) is 25.0 Å². The third-order valence-electron chi connectivity index (χ3n) is 6.05. The summed E-state index contributed by atoms with van der Waals surface area (Å²) in [6.45, 7) is 5.11. The number of carbonyl (C=O) groups excluding carboxylic acids is 2. The number of amides is 2. The van der Waals surface area contributed by atoms with Gasteiger partial charge in [0.05, 0.1) is 0 Å². The summed E-state index contributed by atoms with van der Waals surface area (Å²) in [5, 5.41) is 10.3. The molecule has 0 aliphatic heterocycles. The van der Waals surface area contributed by atoms with Crippen LogP contribution in [0.4, 0.5) is 0 Å². The van der Waals surface area contributed by atoms with Crippen LogP contribution in [0.15, 0.2) is 72.8 Å². The molecule has 0 unspecified atom stereocenters. The van der Waals surface area contributed by atoms with Crippen molar-refractivity contribution in [2.75, 3.05) is 26.3 Å². The van der Waals surface area contributed by atoms with Crippen LogP contribution in [0, 0.1) is 0 Å². The third-order valence-corrected chi connectivity index (χ3v) is 6.05. The largest absolute Gasteiger partial charge is 0.490 e. The van der Waals surface area contributed by atoms with E-state index in [4.69, 9.17) is 9.47 Å². The molecule has 0 heterocycles. The second-order valence-electron chi connectivity index (χ2n) is 8.76. The Morgan fingerprint density at radius 2 is 1.08 bits per heavy atom. The summed E-state index contributed by atoms with van der Waals surface area (Å²) in [5.74, 6) is 1.53. The molecule has 0 spiro atoms.